The van der Waals surface area contributed by atoms with Crippen molar-refractivity contribution in [1.82, 2.24) is 4.98 Å². The van der Waals surface area contributed by atoms with Crippen molar-refractivity contribution in [2.24, 2.45) is 0 Å². The third-order valence-corrected chi connectivity index (χ3v) is 6.69. The highest BCUT2D eigenvalue weighted by Crippen LogP contribution is 2.39. The van der Waals surface area contributed by atoms with Crippen LogP contribution in [-0.2, 0) is 27.6 Å². The highest BCUT2D eigenvalue weighted by Gasteiger charge is 2.28. The molecule has 0 aliphatic heterocycles. The molecule has 1 aliphatic rings. The molecule has 0 amide bonds. The van der Waals surface area contributed by atoms with Gasteiger partial charge >= 0.3 is 5.97 Å². The number of rotatable bonds is 4. The lowest BCUT2D eigenvalue weighted by Crippen LogP contribution is -2.15. The molecule has 0 aromatic carbocycles. The number of carbonyl (C=O) groups is 1. The van der Waals surface area contributed by atoms with Crippen LogP contribution in [0.3, 0.4) is 0 Å². The average Bonchev–Trinajstić information content (AvgIpc) is 2.91. The molecule has 0 radical (unpaired) electrons. The number of sulfonamides is 1. The van der Waals surface area contributed by atoms with Gasteiger partial charge in [-0.15, -0.1) is 11.3 Å². The Kier molecular flexibility index (Phi) is 4.80. The van der Waals surface area contributed by atoms with Crippen LogP contribution in [0.25, 0.3) is 0 Å². The number of carbonyl (C=O) groups excluding carboxylic acids is 1. The van der Waals surface area contributed by atoms with Crippen LogP contribution >= 0.6 is 22.9 Å². The highest BCUT2D eigenvalue weighted by molar-refractivity contribution is 7.93. The van der Waals surface area contributed by atoms with Crippen LogP contribution in [0.1, 0.15) is 33.6 Å². The van der Waals surface area contributed by atoms with E-state index in [4.69, 9.17) is 16.3 Å². The molecule has 6 nitrogen and oxygen atoms in total. The van der Waals surface area contributed by atoms with Crippen LogP contribution in [0.15, 0.2) is 23.2 Å². The smallest absolute Gasteiger partial charge is 0.341 e. The van der Waals surface area contributed by atoms with Gasteiger partial charge in [-0.3, -0.25) is 4.72 Å². The van der Waals surface area contributed by atoms with E-state index in [1.165, 1.54) is 36.8 Å². The molecule has 2 heterocycles. The maximum Gasteiger partial charge on any atom is 0.341 e. The van der Waals surface area contributed by atoms with E-state index in [0.29, 0.717) is 10.6 Å². The van der Waals surface area contributed by atoms with Crippen molar-refractivity contribution in [2.75, 3.05) is 11.8 Å². The number of aryl methyl sites for hydroxylation is 1. The lowest BCUT2D eigenvalue weighted by atomic mass is 9.95. The molecule has 1 N–H and O–H groups in total. The Morgan fingerprint density at radius 2 is 2.08 bits per heavy atom. The molecule has 3 rings (SSSR count). The Labute approximate surface area is 148 Å². The molecule has 0 spiro atoms. The summed E-state index contributed by atoms with van der Waals surface area (Å²) in [6.07, 6.45) is 4.77. The number of nitrogens with zero attached hydrogens (tertiary/aromatic N) is 1. The van der Waals surface area contributed by atoms with Gasteiger partial charge < -0.3 is 4.74 Å². The van der Waals surface area contributed by atoms with Crippen molar-refractivity contribution in [3.63, 3.8) is 0 Å². The Morgan fingerprint density at radius 1 is 1.33 bits per heavy atom. The molecular formula is C15H15ClN2O4S2. The number of anilines is 1. The van der Waals surface area contributed by atoms with Crippen LogP contribution in [0.5, 0.6) is 0 Å². The number of nitrogens with one attached hydrogen (secondary N) is 1. The highest BCUT2D eigenvalue weighted by atomic mass is 35.5. The van der Waals surface area contributed by atoms with E-state index in [1.807, 2.05) is 0 Å². The molecule has 0 bridgehead atoms. The number of thiophene rings is 1. The molecule has 0 atom stereocenters. The van der Waals surface area contributed by atoms with Crippen LogP contribution in [0.4, 0.5) is 5.00 Å². The van der Waals surface area contributed by atoms with Gasteiger partial charge in [-0.25, -0.2) is 18.2 Å². The van der Waals surface area contributed by atoms with Gasteiger partial charge in [-0.05, 0) is 43.4 Å². The number of aromatic nitrogens is 1. The predicted octanol–water partition coefficient (Wildman–Crippen LogP) is 3.26. The first kappa shape index (κ1) is 17.2. The number of hydrogen-bond donors (Lipinski definition) is 1. The van der Waals surface area contributed by atoms with E-state index in [-0.39, 0.29) is 10.0 Å². The number of halogens is 1. The third kappa shape index (κ3) is 3.26. The second kappa shape index (κ2) is 6.70. The molecule has 9 heteroatoms. The number of esters is 1. The van der Waals surface area contributed by atoms with Crippen molar-refractivity contribution < 1.29 is 17.9 Å². The van der Waals surface area contributed by atoms with E-state index >= 15 is 0 Å². The number of methoxy groups -OCH3 is 1. The summed E-state index contributed by atoms with van der Waals surface area (Å²) in [5.41, 5.74) is 1.22. The fourth-order valence-electron chi connectivity index (χ4n) is 2.66. The summed E-state index contributed by atoms with van der Waals surface area (Å²) in [5.74, 6) is -0.527. The zero-order valence-corrected chi connectivity index (χ0v) is 15.2. The molecule has 0 unspecified atom stereocenters. The third-order valence-electron chi connectivity index (χ3n) is 3.80. The largest absolute Gasteiger partial charge is 0.465 e. The van der Waals surface area contributed by atoms with Crippen LogP contribution in [0.2, 0.25) is 5.15 Å². The van der Waals surface area contributed by atoms with Gasteiger partial charge in [0.05, 0.1) is 12.7 Å². The van der Waals surface area contributed by atoms with Crippen molar-refractivity contribution in [1.29, 1.82) is 0 Å². The minimum Gasteiger partial charge on any atom is -0.465 e. The Hall–Kier alpha value is -1.64. The van der Waals surface area contributed by atoms with Gasteiger partial charge in [-0.1, -0.05) is 11.6 Å². The fourth-order valence-corrected chi connectivity index (χ4v) is 5.30. The lowest BCUT2D eigenvalue weighted by Gasteiger charge is -2.12. The molecule has 2 aromatic rings. The SMILES string of the molecule is COC(=O)c1c(NS(=O)(=O)c2ccc(Cl)nc2)sc2c1CCCC2. The topological polar surface area (TPSA) is 85.4 Å². The molecule has 1 aliphatic carbocycles. The Bertz CT molecular complexity index is 876. The molecule has 128 valence electrons. The standard InChI is InChI=1S/C15H15ClN2O4S2/c1-22-15(19)13-10-4-2-3-5-11(10)23-14(13)18-24(20,21)9-6-7-12(16)17-8-9/h6-8,18H,2-5H2,1H3. The first-order valence-electron chi connectivity index (χ1n) is 7.29. The maximum atomic E-state index is 12.5. The summed E-state index contributed by atoms with van der Waals surface area (Å²) in [7, 11) is -2.57. The van der Waals surface area contributed by atoms with Crippen LogP contribution in [0, 0.1) is 0 Å². The maximum absolute atomic E-state index is 12.5. The van der Waals surface area contributed by atoms with Crippen molar-refractivity contribution in [3.8, 4) is 0 Å². The first-order valence-corrected chi connectivity index (χ1v) is 9.97. The van der Waals surface area contributed by atoms with Gasteiger partial charge in [0.15, 0.2) is 0 Å². The van der Waals surface area contributed by atoms with Crippen molar-refractivity contribution >= 4 is 43.9 Å². The molecule has 0 saturated carbocycles. The monoisotopic (exact) mass is 386 g/mol. The number of fused-ring (bicyclic) bond motifs is 1. The molecular weight excluding hydrogens is 372 g/mol. The van der Waals surface area contributed by atoms with E-state index in [2.05, 4.69) is 9.71 Å². The predicted molar refractivity (Wildman–Crippen MR) is 92.4 cm³/mol. The summed E-state index contributed by atoms with van der Waals surface area (Å²) < 4.78 is 32.4. The van der Waals surface area contributed by atoms with Gasteiger partial charge in [0.1, 0.15) is 15.0 Å². The van der Waals surface area contributed by atoms with Crippen molar-refractivity contribution in [3.05, 3.63) is 39.5 Å². The zero-order chi connectivity index (χ0) is 17.3. The van der Waals surface area contributed by atoms with Gasteiger partial charge in [-0.2, -0.15) is 0 Å². The molecule has 0 fully saturated rings. The van der Waals surface area contributed by atoms with Gasteiger partial charge in [0, 0.05) is 11.1 Å². The molecule has 2 aromatic heterocycles. The summed E-state index contributed by atoms with van der Waals surface area (Å²) in [6.45, 7) is 0. The Balaban J connectivity index is 2.01. The van der Waals surface area contributed by atoms with Crippen LogP contribution in [-0.4, -0.2) is 26.5 Å². The molecule has 24 heavy (non-hydrogen) atoms. The number of ether oxygens (including phenoxy) is 1. The number of pyridine rings is 1. The second-order valence-electron chi connectivity index (χ2n) is 5.33. The normalized spacial score (nSPS) is 14.1. The summed E-state index contributed by atoms with van der Waals surface area (Å²) >= 11 is 6.98. The minimum absolute atomic E-state index is 0.0194. The molecule has 0 saturated heterocycles. The summed E-state index contributed by atoms with van der Waals surface area (Å²) in [4.78, 5) is 17.0. The minimum atomic E-state index is -3.86. The van der Waals surface area contributed by atoms with E-state index in [1.54, 1.807) is 0 Å². The van der Waals surface area contributed by atoms with E-state index in [9.17, 15) is 13.2 Å². The second-order valence-corrected chi connectivity index (χ2v) is 8.50. The summed E-state index contributed by atoms with van der Waals surface area (Å²) in [6, 6.07) is 2.76. The van der Waals surface area contributed by atoms with Crippen LogP contribution < -0.4 is 4.72 Å². The average molecular weight is 387 g/mol. The zero-order valence-electron chi connectivity index (χ0n) is 12.8. The Morgan fingerprint density at radius 3 is 2.75 bits per heavy atom. The quantitative estimate of drug-likeness (QED) is 0.643. The van der Waals surface area contributed by atoms with Gasteiger partial charge in [0.2, 0.25) is 0 Å². The first-order chi connectivity index (χ1) is 11.4. The fraction of sp³-hybridized carbons (Fsp3) is 0.333. The lowest BCUT2D eigenvalue weighted by molar-refractivity contribution is 0.0601. The van der Waals surface area contributed by atoms with E-state index in [0.717, 1.165) is 36.1 Å². The van der Waals surface area contributed by atoms with E-state index < -0.39 is 16.0 Å². The summed E-state index contributed by atoms with van der Waals surface area (Å²) in [5, 5.41) is 0.500. The van der Waals surface area contributed by atoms with Crippen molar-refractivity contribution in [2.45, 2.75) is 30.6 Å². The van der Waals surface area contributed by atoms with Gasteiger partial charge in [0.25, 0.3) is 10.0 Å². The number of hydrogen-bond acceptors (Lipinski definition) is 6.